The Morgan fingerprint density at radius 3 is 1.76 bits per heavy atom. The Bertz CT molecular complexity index is 630. The molecule has 1 aliphatic heterocycles. The highest BCUT2D eigenvalue weighted by atomic mass is 16.3. The Morgan fingerprint density at radius 2 is 1.38 bits per heavy atom. The number of nitrogens with one attached hydrogen (secondary N) is 1. The molecule has 0 atom stereocenters. The third-order valence-corrected chi connectivity index (χ3v) is 3.75. The van der Waals surface area contributed by atoms with Gasteiger partial charge >= 0.3 is 0 Å². The van der Waals surface area contributed by atoms with Gasteiger partial charge in [-0.2, -0.15) is 0 Å². The van der Waals surface area contributed by atoms with Gasteiger partial charge < -0.3 is 10.4 Å². The molecule has 21 heavy (non-hydrogen) atoms. The van der Waals surface area contributed by atoms with Crippen molar-refractivity contribution in [2.45, 2.75) is 33.6 Å². The number of hydrogen-bond donors (Lipinski definition) is 2. The molecule has 0 spiro atoms. The van der Waals surface area contributed by atoms with Crippen LogP contribution in [0.3, 0.4) is 0 Å². The zero-order valence-electron chi connectivity index (χ0n) is 12.7. The van der Waals surface area contributed by atoms with Gasteiger partial charge in [0, 0.05) is 28.5 Å². The number of ketones is 2. The fraction of sp³-hybridized carbons (Fsp3) is 0.294. The molecular weight excluding hydrogens is 266 g/mol. The normalized spacial score (nSPS) is 16.0. The summed E-state index contributed by atoms with van der Waals surface area (Å²) < 4.78 is 0. The number of rotatable bonds is 3. The van der Waals surface area contributed by atoms with Crippen LogP contribution in [-0.2, 0) is 9.59 Å². The quantitative estimate of drug-likeness (QED) is 0.896. The van der Waals surface area contributed by atoms with Crippen molar-refractivity contribution < 1.29 is 14.7 Å². The van der Waals surface area contributed by atoms with Gasteiger partial charge in [-0.15, -0.1) is 0 Å². The summed E-state index contributed by atoms with van der Waals surface area (Å²) >= 11 is 0. The van der Waals surface area contributed by atoms with E-state index in [1.807, 2.05) is 13.8 Å². The molecule has 4 heteroatoms. The number of aromatic hydroxyl groups is 1. The zero-order valence-corrected chi connectivity index (χ0v) is 12.7. The minimum atomic E-state index is -0.387. The maximum atomic E-state index is 12.1. The Balaban J connectivity index is 2.67. The molecule has 0 radical (unpaired) electrons. The summed E-state index contributed by atoms with van der Waals surface area (Å²) in [6.45, 7) is 6.69. The maximum Gasteiger partial charge on any atom is 0.158 e. The SMILES string of the molecule is CC(=O)C1=C(C)NC(C)=C(C(C)=O)C1c1ccc(O)cc1. The smallest absolute Gasteiger partial charge is 0.158 e. The molecule has 0 saturated heterocycles. The van der Waals surface area contributed by atoms with E-state index in [0.717, 1.165) is 17.0 Å². The van der Waals surface area contributed by atoms with Crippen molar-refractivity contribution in [3.05, 3.63) is 52.4 Å². The first kappa shape index (κ1) is 15.0. The molecular formula is C17H19NO3. The third-order valence-electron chi connectivity index (χ3n) is 3.75. The minimum absolute atomic E-state index is 0.0654. The average molecular weight is 285 g/mol. The lowest BCUT2D eigenvalue weighted by atomic mass is 9.78. The molecule has 0 aliphatic carbocycles. The highest BCUT2D eigenvalue weighted by Crippen LogP contribution is 2.39. The fourth-order valence-electron chi connectivity index (χ4n) is 2.93. The lowest BCUT2D eigenvalue weighted by Crippen LogP contribution is -2.29. The molecule has 110 valence electrons. The maximum absolute atomic E-state index is 12.1. The second-order valence-corrected chi connectivity index (χ2v) is 5.34. The van der Waals surface area contributed by atoms with E-state index in [1.54, 1.807) is 24.3 Å². The van der Waals surface area contributed by atoms with Crippen LogP contribution in [0.1, 0.15) is 39.2 Å². The molecule has 2 N–H and O–H groups in total. The standard InChI is InChI=1S/C17H19NO3/c1-9-15(11(3)19)17(13-5-7-14(21)8-6-13)16(12(4)20)10(2)18-9/h5-8,17-18,21H,1-4H3. The second kappa shape index (κ2) is 5.56. The number of hydrogen-bond acceptors (Lipinski definition) is 4. The predicted octanol–water partition coefficient (Wildman–Crippen LogP) is 2.81. The van der Waals surface area contributed by atoms with Crippen molar-refractivity contribution in [2.75, 3.05) is 0 Å². The van der Waals surface area contributed by atoms with E-state index in [-0.39, 0.29) is 23.2 Å². The number of carbonyl (C=O) groups excluding carboxylic acids is 2. The fourth-order valence-corrected chi connectivity index (χ4v) is 2.93. The largest absolute Gasteiger partial charge is 0.508 e. The van der Waals surface area contributed by atoms with Gasteiger partial charge in [0.2, 0.25) is 0 Å². The summed E-state index contributed by atoms with van der Waals surface area (Å²) in [5, 5.41) is 12.6. The van der Waals surface area contributed by atoms with Crippen LogP contribution in [0.15, 0.2) is 46.8 Å². The molecule has 2 rings (SSSR count). The summed E-state index contributed by atoms with van der Waals surface area (Å²) in [5.41, 5.74) is 3.54. The lowest BCUT2D eigenvalue weighted by Gasteiger charge is -2.30. The van der Waals surface area contributed by atoms with Crippen molar-refractivity contribution in [3.8, 4) is 5.75 Å². The van der Waals surface area contributed by atoms with E-state index in [9.17, 15) is 14.7 Å². The van der Waals surface area contributed by atoms with Crippen molar-refractivity contribution in [3.63, 3.8) is 0 Å². The number of phenols is 1. The minimum Gasteiger partial charge on any atom is -0.508 e. The second-order valence-electron chi connectivity index (χ2n) is 5.34. The van der Waals surface area contributed by atoms with Crippen LogP contribution < -0.4 is 5.32 Å². The zero-order chi connectivity index (χ0) is 15.7. The molecule has 1 aromatic rings. The van der Waals surface area contributed by atoms with Gasteiger partial charge in [0.1, 0.15) is 5.75 Å². The predicted molar refractivity (Wildman–Crippen MR) is 80.7 cm³/mol. The number of dihydropyridines is 1. The Morgan fingerprint density at radius 1 is 0.952 bits per heavy atom. The van der Waals surface area contributed by atoms with Gasteiger partial charge in [0.05, 0.1) is 0 Å². The average Bonchev–Trinajstić information content (AvgIpc) is 2.37. The first-order valence-corrected chi connectivity index (χ1v) is 6.82. The van der Waals surface area contributed by atoms with Gasteiger partial charge in [0.25, 0.3) is 0 Å². The molecule has 0 bridgehead atoms. The molecule has 4 nitrogen and oxygen atoms in total. The topological polar surface area (TPSA) is 66.4 Å². The van der Waals surface area contributed by atoms with E-state index >= 15 is 0 Å². The summed E-state index contributed by atoms with van der Waals surface area (Å²) in [6.07, 6.45) is 0. The van der Waals surface area contributed by atoms with Crippen LogP contribution >= 0.6 is 0 Å². The van der Waals surface area contributed by atoms with Crippen molar-refractivity contribution in [1.82, 2.24) is 5.32 Å². The highest BCUT2D eigenvalue weighted by molar-refractivity contribution is 6.03. The molecule has 1 aromatic carbocycles. The Kier molecular flexibility index (Phi) is 3.98. The van der Waals surface area contributed by atoms with Crippen LogP contribution in [0, 0.1) is 0 Å². The number of benzene rings is 1. The van der Waals surface area contributed by atoms with Gasteiger partial charge in [-0.05, 0) is 45.4 Å². The van der Waals surface area contributed by atoms with Crippen LogP contribution in [0.25, 0.3) is 0 Å². The summed E-state index contributed by atoms with van der Waals surface area (Å²) in [6, 6.07) is 6.63. The van der Waals surface area contributed by atoms with Gasteiger partial charge in [0.15, 0.2) is 11.6 Å². The molecule has 0 unspecified atom stereocenters. The van der Waals surface area contributed by atoms with Crippen LogP contribution in [0.2, 0.25) is 0 Å². The molecule has 0 aromatic heterocycles. The first-order valence-electron chi connectivity index (χ1n) is 6.82. The highest BCUT2D eigenvalue weighted by Gasteiger charge is 2.33. The summed E-state index contributed by atoms with van der Waals surface area (Å²) in [4.78, 5) is 24.1. The Labute approximate surface area is 124 Å². The van der Waals surface area contributed by atoms with Gasteiger partial charge in [-0.3, -0.25) is 9.59 Å². The van der Waals surface area contributed by atoms with Crippen LogP contribution in [0.4, 0.5) is 0 Å². The number of phenolic OH excluding ortho intramolecular Hbond substituents is 1. The number of Topliss-reactive ketones (excluding diaryl/α,β-unsaturated/α-hetero) is 2. The van der Waals surface area contributed by atoms with E-state index in [1.165, 1.54) is 13.8 Å². The van der Waals surface area contributed by atoms with E-state index in [0.29, 0.717) is 11.1 Å². The monoisotopic (exact) mass is 285 g/mol. The van der Waals surface area contributed by atoms with E-state index in [2.05, 4.69) is 5.32 Å². The summed E-state index contributed by atoms with van der Waals surface area (Å²) in [7, 11) is 0. The summed E-state index contributed by atoms with van der Waals surface area (Å²) in [5.74, 6) is -0.363. The molecule has 0 saturated carbocycles. The van der Waals surface area contributed by atoms with E-state index < -0.39 is 0 Å². The molecule has 0 amide bonds. The number of allylic oxidation sites excluding steroid dienone is 4. The van der Waals surface area contributed by atoms with Crippen molar-refractivity contribution in [1.29, 1.82) is 0 Å². The Hall–Kier alpha value is -2.36. The molecule has 1 heterocycles. The van der Waals surface area contributed by atoms with Crippen LogP contribution in [0.5, 0.6) is 5.75 Å². The third kappa shape index (κ3) is 2.75. The van der Waals surface area contributed by atoms with Gasteiger partial charge in [-0.25, -0.2) is 0 Å². The van der Waals surface area contributed by atoms with Crippen molar-refractivity contribution in [2.24, 2.45) is 0 Å². The van der Waals surface area contributed by atoms with Crippen LogP contribution in [-0.4, -0.2) is 16.7 Å². The molecule has 0 fully saturated rings. The lowest BCUT2D eigenvalue weighted by molar-refractivity contribution is -0.114. The van der Waals surface area contributed by atoms with Crippen molar-refractivity contribution >= 4 is 11.6 Å². The van der Waals surface area contributed by atoms with E-state index in [4.69, 9.17) is 0 Å². The number of carbonyl (C=O) groups is 2. The molecule has 1 aliphatic rings. The first-order chi connectivity index (χ1) is 9.82. The van der Waals surface area contributed by atoms with Gasteiger partial charge in [-0.1, -0.05) is 12.1 Å².